The number of phenolic OH excluding ortho intramolecular Hbond substituents is 1. The highest BCUT2D eigenvalue weighted by Crippen LogP contribution is 2.41. The fourth-order valence-corrected chi connectivity index (χ4v) is 4.04. The zero-order chi connectivity index (χ0) is 22.0. The number of benzene rings is 2. The lowest BCUT2D eigenvalue weighted by Gasteiger charge is -2.14. The Morgan fingerprint density at radius 2 is 1.77 bits per heavy atom. The predicted octanol–water partition coefficient (Wildman–Crippen LogP) is 3.72. The monoisotopic (exact) mass is 442 g/mol. The summed E-state index contributed by atoms with van der Waals surface area (Å²) in [7, 11) is 4.66. The number of thiazole rings is 1. The van der Waals surface area contributed by atoms with Crippen LogP contribution in [0, 0.1) is 0 Å². The van der Waals surface area contributed by atoms with Gasteiger partial charge in [-0.3, -0.25) is 0 Å². The van der Waals surface area contributed by atoms with E-state index in [0.717, 1.165) is 5.56 Å². The number of methoxy groups -OCH3 is 3. The van der Waals surface area contributed by atoms with E-state index in [1.807, 2.05) is 12.1 Å². The second-order valence-electron chi connectivity index (χ2n) is 6.62. The Hall–Kier alpha value is -3.66. The van der Waals surface area contributed by atoms with E-state index >= 15 is 0 Å². The summed E-state index contributed by atoms with van der Waals surface area (Å²) in [6, 6.07) is 10.3. The number of nitrogens with two attached hydrogens (primary N) is 1. The number of hydrogen-bond donors (Lipinski definition) is 3. The van der Waals surface area contributed by atoms with Gasteiger partial charge in [-0.05, 0) is 17.7 Å². The summed E-state index contributed by atoms with van der Waals surface area (Å²) < 4.78 is 21.9. The first kappa shape index (κ1) is 20.6. The van der Waals surface area contributed by atoms with E-state index in [4.69, 9.17) is 24.7 Å². The minimum atomic E-state index is -0.163. The molecule has 0 bridgehead atoms. The maximum absolute atomic E-state index is 9.47. The van der Waals surface area contributed by atoms with Crippen LogP contribution in [0.15, 0.2) is 41.4 Å². The zero-order valence-corrected chi connectivity index (χ0v) is 18.0. The number of nitrogens with one attached hydrogen (secondary N) is 1. The molecule has 1 aromatic heterocycles. The Labute approximate surface area is 183 Å². The minimum Gasteiger partial charge on any atom is -0.508 e. The summed E-state index contributed by atoms with van der Waals surface area (Å²) in [4.78, 5) is 9.68. The van der Waals surface area contributed by atoms with Crippen LogP contribution in [-0.2, 0) is 4.74 Å². The molecule has 0 saturated heterocycles. The Balaban J connectivity index is 1.57. The maximum atomic E-state index is 9.47. The summed E-state index contributed by atoms with van der Waals surface area (Å²) in [5.74, 6) is 2.53. The molecule has 0 spiro atoms. The minimum absolute atomic E-state index is 0.163. The highest BCUT2D eigenvalue weighted by Gasteiger charge is 2.26. The van der Waals surface area contributed by atoms with Crippen LogP contribution in [-0.4, -0.2) is 43.9 Å². The molecule has 0 amide bonds. The SMILES string of the molecule is COc1cc(Nc2nc(N)c(C3=N[C@@H](c4ccc(O)cc4)CO3)s2)cc(OC)c1OC. The van der Waals surface area contributed by atoms with Crippen molar-refractivity contribution in [3.63, 3.8) is 0 Å². The van der Waals surface area contributed by atoms with Gasteiger partial charge in [0.15, 0.2) is 16.6 Å². The molecule has 0 fully saturated rings. The topological polar surface area (TPSA) is 120 Å². The van der Waals surface area contributed by atoms with Crippen molar-refractivity contribution in [1.29, 1.82) is 0 Å². The first-order valence-electron chi connectivity index (χ1n) is 9.35. The van der Waals surface area contributed by atoms with Crippen LogP contribution >= 0.6 is 11.3 Å². The Kier molecular flexibility index (Phi) is 5.72. The van der Waals surface area contributed by atoms with E-state index in [1.54, 1.807) is 45.6 Å². The van der Waals surface area contributed by atoms with E-state index in [2.05, 4.69) is 15.3 Å². The smallest absolute Gasteiger partial charge is 0.231 e. The summed E-state index contributed by atoms with van der Waals surface area (Å²) >= 11 is 1.33. The Bertz CT molecular complexity index is 1090. The second-order valence-corrected chi connectivity index (χ2v) is 7.62. The first-order valence-corrected chi connectivity index (χ1v) is 10.2. The molecule has 0 aliphatic carbocycles. The van der Waals surface area contributed by atoms with Crippen LogP contribution in [0.3, 0.4) is 0 Å². The van der Waals surface area contributed by atoms with Crippen molar-refractivity contribution in [3.8, 4) is 23.0 Å². The number of hydrogen-bond acceptors (Lipinski definition) is 10. The average molecular weight is 442 g/mol. The molecular formula is C21H22N4O5S. The Morgan fingerprint density at radius 3 is 2.39 bits per heavy atom. The van der Waals surface area contributed by atoms with Crippen molar-refractivity contribution in [2.75, 3.05) is 39.0 Å². The predicted molar refractivity (Wildman–Crippen MR) is 119 cm³/mol. The van der Waals surface area contributed by atoms with E-state index in [0.29, 0.717) is 51.3 Å². The molecule has 3 aromatic rings. The lowest BCUT2D eigenvalue weighted by Crippen LogP contribution is -2.02. The molecule has 10 heteroatoms. The first-order chi connectivity index (χ1) is 15.0. The van der Waals surface area contributed by atoms with Gasteiger partial charge in [-0.15, -0.1) is 0 Å². The third-order valence-electron chi connectivity index (χ3n) is 4.69. The van der Waals surface area contributed by atoms with Gasteiger partial charge in [-0.2, -0.15) is 0 Å². The largest absolute Gasteiger partial charge is 0.508 e. The fourth-order valence-electron chi connectivity index (χ4n) is 3.18. The van der Waals surface area contributed by atoms with E-state index < -0.39 is 0 Å². The molecule has 1 aliphatic rings. The molecule has 0 unspecified atom stereocenters. The number of nitrogens with zero attached hydrogens (tertiary/aromatic N) is 2. The van der Waals surface area contributed by atoms with Gasteiger partial charge in [0, 0.05) is 17.8 Å². The van der Waals surface area contributed by atoms with Gasteiger partial charge < -0.3 is 35.1 Å². The van der Waals surface area contributed by atoms with Crippen LogP contribution in [0.4, 0.5) is 16.6 Å². The molecular weight excluding hydrogens is 420 g/mol. The molecule has 1 atom stereocenters. The molecule has 9 nitrogen and oxygen atoms in total. The molecule has 4 N–H and O–H groups in total. The average Bonchev–Trinajstić information content (AvgIpc) is 3.40. The van der Waals surface area contributed by atoms with Crippen LogP contribution in [0.2, 0.25) is 0 Å². The number of aliphatic imine (C=N–C) groups is 1. The van der Waals surface area contributed by atoms with Crippen molar-refractivity contribution in [1.82, 2.24) is 4.98 Å². The fraction of sp³-hybridized carbons (Fsp3) is 0.238. The number of phenols is 1. The van der Waals surface area contributed by atoms with Gasteiger partial charge in [-0.25, -0.2) is 9.98 Å². The zero-order valence-electron chi connectivity index (χ0n) is 17.2. The van der Waals surface area contributed by atoms with Crippen molar-refractivity contribution >= 4 is 33.9 Å². The van der Waals surface area contributed by atoms with Crippen LogP contribution < -0.4 is 25.3 Å². The number of aromatic hydroxyl groups is 1. The summed E-state index contributed by atoms with van der Waals surface area (Å²) in [6.07, 6.45) is 0. The van der Waals surface area contributed by atoms with Gasteiger partial charge in [0.25, 0.3) is 0 Å². The normalized spacial score (nSPS) is 15.2. The van der Waals surface area contributed by atoms with Gasteiger partial charge in [0.2, 0.25) is 11.6 Å². The standard InChI is InChI=1S/C21H22N4O5S/c1-27-15-8-12(9-16(28-2)17(15)29-3)23-21-25-19(22)18(31-21)20-24-14(10-30-20)11-4-6-13(26)7-5-11/h4-9,14,26H,10,22H2,1-3H3,(H,23,25)/t14-/m1/s1. The number of nitrogen functional groups attached to an aromatic ring is 1. The second kappa shape index (κ2) is 8.60. The molecule has 162 valence electrons. The van der Waals surface area contributed by atoms with Crippen LogP contribution in [0.5, 0.6) is 23.0 Å². The molecule has 2 aromatic carbocycles. The Morgan fingerprint density at radius 1 is 1.10 bits per heavy atom. The lowest BCUT2D eigenvalue weighted by atomic mass is 10.1. The van der Waals surface area contributed by atoms with Gasteiger partial charge >= 0.3 is 0 Å². The van der Waals surface area contributed by atoms with Gasteiger partial charge in [-0.1, -0.05) is 23.5 Å². The van der Waals surface area contributed by atoms with Gasteiger partial charge in [0.05, 0.1) is 21.3 Å². The highest BCUT2D eigenvalue weighted by atomic mass is 32.1. The number of anilines is 3. The van der Waals surface area contributed by atoms with E-state index in [9.17, 15) is 5.11 Å². The van der Waals surface area contributed by atoms with Crippen molar-refractivity contribution in [3.05, 3.63) is 46.8 Å². The molecule has 2 heterocycles. The third kappa shape index (κ3) is 4.15. The summed E-state index contributed by atoms with van der Waals surface area (Å²) in [6.45, 7) is 0.396. The molecule has 31 heavy (non-hydrogen) atoms. The number of rotatable bonds is 7. The summed E-state index contributed by atoms with van der Waals surface area (Å²) in [5, 5.41) is 13.2. The van der Waals surface area contributed by atoms with Crippen LogP contribution in [0.25, 0.3) is 0 Å². The highest BCUT2D eigenvalue weighted by molar-refractivity contribution is 7.18. The van der Waals surface area contributed by atoms with E-state index in [1.165, 1.54) is 11.3 Å². The maximum Gasteiger partial charge on any atom is 0.231 e. The molecule has 4 rings (SSSR count). The van der Waals surface area contributed by atoms with Crippen molar-refractivity contribution in [2.45, 2.75) is 6.04 Å². The van der Waals surface area contributed by atoms with Crippen LogP contribution in [0.1, 0.15) is 16.5 Å². The van der Waals surface area contributed by atoms with Gasteiger partial charge in [0.1, 0.15) is 29.1 Å². The molecule has 0 radical (unpaired) electrons. The number of aromatic nitrogens is 1. The van der Waals surface area contributed by atoms with Crippen molar-refractivity contribution in [2.24, 2.45) is 4.99 Å². The lowest BCUT2D eigenvalue weighted by molar-refractivity contribution is 0.320. The summed E-state index contributed by atoms with van der Waals surface area (Å²) in [5.41, 5.74) is 7.78. The molecule has 0 saturated carbocycles. The molecule has 1 aliphatic heterocycles. The third-order valence-corrected chi connectivity index (χ3v) is 5.67. The van der Waals surface area contributed by atoms with Crippen molar-refractivity contribution < 1.29 is 24.1 Å². The quantitative estimate of drug-likeness (QED) is 0.506. The van der Waals surface area contributed by atoms with E-state index in [-0.39, 0.29) is 11.8 Å². The number of ether oxygens (including phenoxy) is 4.